The highest BCUT2D eigenvalue weighted by Gasteiger charge is 2.50. The number of nitrogens with two attached hydrogens (primary N) is 1. The van der Waals surface area contributed by atoms with Crippen LogP contribution in [0.2, 0.25) is 0 Å². The molecule has 0 heterocycles. The predicted octanol–water partition coefficient (Wildman–Crippen LogP) is 1.98. The largest absolute Gasteiger partial charge is 0.488 e. The van der Waals surface area contributed by atoms with Crippen LogP contribution < -0.4 is 15.8 Å². The van der Waals surface area contributed by atoms with Crippen molar-refractivity contribution >= 4 is 5.91 Å². The van der Waals surface area contributed by atoms with E-state index < -0.39 is 23.1 Å². The van der Waals surface area contributed by atoms with Gasteiger partial charge in [-0.3, -0.25) is 4.79 Å². The lowest BCUT2D eigenvalue weighted by molar-refractivity contribution is -0.126. The molecule has 1 saturated carbocycles. The number of hydrogen-bond donors (Lipinski definition) is 2. The smallest absolute Gasteiger partial charge is 0.241 e. The van der Waals surface area contributed by atoms with Crippen molar-refractivity contribution in [2.75, 3.05) is 13.2 Å². The average molecular weight is 298 g/mol. The van der Waals surface area contributed by atoms with Crippen molar-refractivity contribution in [3.05, 3.63) is 29.8 Å². The molecule has 0 radical (unpaired) electrons. The number of benzene rings is 1. The van der Waals surface area contributed by atoms with Crippen molar-refractivity contribution in [2.24, 2.45) is 11.7 Å². The molecule has 2 rings (SSSR count). The molecule has 0 saturated heterocycles. The van der Waals surface area contributed by atoms with E-state index in [-0.39, 0.29) is 18.3 Å². The molecule has 0 spiro atoms. The minimum atomic E-state index is -1.02. The van der Waals surface area contributed by atoms with Gasteiger partial charge >= 0.3 is 0 Å². The van der Waals surface area contributed by atoms with Crippen LogP contribution in [0.1, 0.15) is 26.2 Å². The van der Waals surface area contributed by atoms with E-state index in [1.807, 2.05) is 6.92 Å². The van der Waals surface area contributed by atoms with Gasteiger partial charge in [0.15, 0.2) is 11.6 Å². The summed E-state index contributed by atoms with van der Waals surface area (Å²) < 4.78 is 32.1. The molecule has 4 nitrogen and oxygen atoms in total. The van der Waals surface area contributed by atoms with Gasteiger partial charge in [-0.25, -0.2) is 8.78 Å². The van der Waals surface area contributed by atoms with Gasteiger partial charge in [-0.05, 0) is 43.9 Å². The van der Waals surface area contributed by atoms with Crippen LogP contribution in [0.25, 0.3) is 0 Å². The summed E-state index contributed by atoms with van der Waals surface area (Å²) in [7, 11) is 0. The summed E-state index contributed by atoms with van der Waals surface area (Å²) in [6, 6.07) is 2.97. The van der Waals surface area contributed by atoms with Crippen molar-refractivity contribution in [3.63, 3.8) is 0 Å². The molecule has 1 aliphatic rings. The Morgan fingerprint density at radius 1 is 1.48 bits per heavy atom. The van der Waals surface area contributed by atoms with Crippen molar-refractivity contribution in [3.8, 4) is 5.75 Å². The fourth-order valence-electron chi connectivity index (χ4n) is 2.38. The Labute approximate surface area is 122 Å². The number of halogens is 2. The Bertz CT molecular complexity index is 520. The van der Waals surface area contributed by atoms with E-state index in [4.69, 9.17) is 10.5 Å². The zero-order chi connectivity index (χ0) is 15.5. The number of amides is 1. The molecular weight excluding hydrogens is 278 g/mol. The van der Waals surface area contributed by atoms with Gasteiger partial charge in [0.1, 0.15) is 18.0 Å². The summed E-state index contributed by atoms with van der Waals surface area (Å²) in [6.45, 7) is 2.47. The van der Waals surface area contributed by atoms with Crippen LogP contribution in [0.3, 0.4) is 0 Å². The van der Waals surface area contributed by atoms with Crippen LogP contribution in [0, 0.1) is 17.6 Å². The lowest BCUT2D eigenvalue weighted by Gasteiger charge is -2.31. The fraction of sp³-hybridized carbons (Fsp3) is 0.533. The highest BCUT2D eigenvalue weighted by Crippen LogP contribution is 2.40. The second kappa shape index (κ2) is 6.39. The van der Waals surface area contributed by atoms with Crippen LogP contribution in [0.15, 0.2) is 18.2 Å². The number of nitrogens with one attached hydrogen (secondary N) is 1. The minimum absolute atomic E-state index is 0.0816. The average Bonchev–Trinajstić information content (AvgIpc) is 3.27. The maximum atomic E-state index is 13.6. The van der Waals surface area contributed by atoms with E-state index in [1.165, 1.54) is 0 Å². The number of ether oxygens (including phenoxy) is 1. The van der Waals surface area contributed by atoms with Gasteiger partial charge in [-0.15, -0.1) is 0 Å². The van der Waals surface area contributed by atoms with Gasteiger partial charge in [0, 0.05) is 6.07 Å². The van der Waals surface area contributed by atoms with Crippen molar-refractivity contribution in [1.82, 2.24) is 5.32 Å². The van der Waals surface area contributed by atoms with Crippen molar-refractivity contribution in [2.45, 2.75) is 31.7 Å². The Balaban J connectivity index is 2.15. The molecule has 3 N–H and O–H groups in total. The molecule has 1 atom stereocenters. The summed E-state index contributed by atoms with van der Waals surface area (Å²) >= 11 is 0. The third kappa shape index (κ3) is 3.50. The van der Waals surface area contributed by atoms with Gasteiger partial charge in [0.05, 0.1) is 0 Å². The van der Waals surface area contributed by atoms with Gasteiger partial charge in [0.25, 0.3) is 0 Å². The quantitative estimate of drug-likeness (QED) is 0.771. The molecule has 6 heteroatoms. The Hall–Kier alpha value is -1.69. The first-order chi connectivity index (χ1) is 9.99. The van der Waals surface area contributed by atoms with Crippen molar-refractivity contribution < 1.29 is 18.3 Å². The van der Waals surface area contributed by atoms with Crippen LogP contribution in [-0.4, -0.2) is 24.6 Å². The third-order valence-electron chi connectivity index (χ3n) is 3.75. The molecule has 1 fully saturated rings. The first kappa shape index (κ1) is 15.7. The first-order valence-electron chi connectivity index (χ1n) is 7.12. The van der Waals surface area contributed by atoms with E-state index in [2.05, 4.69) is 5.32 Å². The topological polar surface area (TPSA) is 64.3 Å². The molecule has 1 aromatic rings. The standard InChI is InChI=1S/C15H20F2N2O2/c1-2-7-19-15(14(18)20,10-3-4-10)9-21-13-8-11(16)5-6-12(13)17/h5-6,8,10,19H,2-4,7,9H2,1H3,(H2,18,20). The molecule has 0 aromatic heterocycles. The number of carbonyl (C=O) groups excluding carboxylic acids is 1. The summed E-state index contributed by atoms with van der Waals surface area (Å²) in [5, 5.41) is 3.13. The van der Waals surface area contributed by atoms with Gasteiger partial charge in [0.2, 0.25) is 5.91 Å². The Morgan fingerprint density at radius 2 is 2.19 bits per heavy atom. The monoisotopic (exact) mass is 298 g/mol. The van der Waals surface area contributed by atoms with Gasteiger partial charge < -0.3 is 15.8 Å². The van der Waals surface area contributed by atoms with E-state index in [0.717, 1.165) is 37.5 Å². The summed E-state index contributed by atoms with van der Waals surface area (Å²) in [5.41, 5.74) is 4.52. The number of primary amides is 1. The van der Waals surface area contributed by atoms with Crippen LogP contribution in [0.5, 0.6) is 5.75 Å². The van der Waals surface area contributed by atoms with E-state index in [9.17, 15) is 13.6 Å². The third-order valence-corrected chi connectivity index (χ3v) is 3.75. The molecular formula is C15H20F2N2O2. The zero-order valence-electron chi connectivity index (χ0n) is 12.0. The van der Waals surface area contributed by atoms with Crippen LogP contribution >= 0.6 is 0 Å². The lowest BCUT2D eigenvalue weighted by Crippen LogP contribution is -2.61. The second-order valence-corrected chi connectivity index (χ2v) is 5.40. The van der Waals surface area contributed by atoms with E-state index in [1.54, 1.807) is 0 Å². The lowest BCUT2D eigenvalue weighted by atomic mass is 9.93. The highest BCUT2D eigenvalue weighted by atomic mass is 19.1. The highest BCUT2D eigenvalue weighted by molar-refractivity contribution is 5.85. The van der Waals surface area contributed by atoms with Crippen molar-refractivity contribution in [1.29, 1.82) is 0 Å². The van der Waals surface area contributed by atoms with Crippen LogP contribution in [0.4, 0.5) is 8.78 Å². The Morgan fingerprint density at radius 3 is 2.76 bits per heavy atom. The Kier molecular flexibility index (Phi) is 4.77. The maximum Gasteiger partial charge on any atom is 0.241 e. The summed E-state index contributed by atoms with van der Waals surface area (Å²) in [4.78, 5) is 11.9. The molecule has 1 unspecified atom stereocenters. The summed E-state index contributed by atoms with van der Waals surface area (Å²) in [6.07, 6.45) is 2.57. The number of carbonyl (C=O) groups is 1. The molecule has 1 amide bonds. The molecule has 0 aliphatic heterocycles. The molecule has 116 valence electrons. The molecule has 1 aromatic carbocycles. The first-order valence-corrected chi connectivity index (χ1v) is 7.12. The zero-order valence-corrected chi connectivity index (χ0v) is 12.0. The minimum Gasteiger partial charge on any atom is -0.488 e. The van der Waals surface area contributed by atoms with E-state index in [0.29, 0.717) is 6.54 Å². The second-order valence-electron chi connectivity index (χ2n) is 5.40. The van der Waals surface area contributed by atoms with Crippen LogP contribution in [-0.2, 0) is 4.79 Å². The number of hydrogen-bond acceptors (Lipinski definition) is 3. The van der Waals surface area contributed by atoms with E-state index >= 15 is 0 Å². The molecule has 0 bridgehead atoms. The molecule has 1 aliphatic carbocycles. The SMILES string of the molecule is CCCNC(COc1cc(F)ccc1F)(C(N)=O)C1CC1. The normalized spacial score (nSPS) is 17.3. The predicted molar refractivity (Wildman–Crippen MR) is 74.8 cm³/mol. The van der Waals surface area contributed by atoms with Gasteiger partial charge in [-0.2, -0.15) is 0 Å². The summed E-state index contributed by atoms with van der Waals surface area (Å²) in [5.74, 6) is -1.90. The maximum absolute atomic E-state index is 13.6. The molecule has 21 heavy (non-hydrogen) atoms. The number of rotatable bonds is 8. The van der Waals surface area contributed by atoms with Gasteiger partial charge in [-0.1, -0.05) is 6.92 Å². The fourth-order valence-corrected chi connectivity index (χ4v) is 2.38.